The fraction of sp³-hybridized carbons (Fsp3) is 0.222. The van der Waals surface area contributed by atoms with Gasteiger partial charge in [0.05, 0.1) is 13.3 Å². The van der Waals surface area contributed by atoms with E-state index in [1.54, 1.807) is 0 Å². The maximum Gasteiger partial charge on any atom is 0.281 e. The van der Waals surface area contributed by atoms with Crippen molar-refractivity contribution in [3.63, 3.8) is 0 Å². The molecule has 102 valence electrons. The number of aromatic nitrogens is 4. The van der Waals surface area contributed by atoms with Crippen LogP contribution in [0.25, 0.3) is 0 Å². The molecule has 0 saturated heterocycles. The molecule has 0 aliphatic carbocycles. The molecule has 0 bridgehead atoms. The third-order valence-electron chi connectivity index (χ3n) is 2.16. The summed E-state index contributed by atoms with van der Waals surface area (Å²) in [5.41, 5.74) is 0. The Labute approximate surface area is 114 Å². The number of aryl methyl sites for hydroxylation is 1. The standard InChI is InChI=1S/C9H10ClN5O3S/c1-15-8(3-4-11-15)19(16,17)14-9-12-6(10)5-7(13-9)18-2/h3-5H,1-2H3,(H,12,13,14). The first-order chi connectivity index (χ1) is 8.92. The molecule has 2 aromatic rings. The number of sulfonamides is 1. The van der Waals surface area contributed by atoms with Crippen LogP contribution < -0.4 is 9.46 Å². The molecule has 2 aromatic heterocycles. The van der Waals surface area contributed by atoms with Crippen LogP contribution in [0, 0.1) is 0 Å². The fourth-order valence-electron chi connectivity index (χ4n) is 1.35. The average molecular weight is 304 g/mol. The zero-order valence-electron chi connectivity index (χ0n) is 10.0. The quantitative estimate of drug-likeness (QED) is 0.834. The van der Waals surface area contributed by atoms with E-state index in [9.17, 15) is 8.42 Å². The van der Waals surface area contributed by atoms with Crippen molar-refractivity contribution < 1.29 is 13.2 Å². The number of halogens is 1. The summed E-state index contributed by atoms with van der Waals surface area (Å²) >= 11 is 5.73. The predicted octanol–water partition coefficient (Wildman–Crippen LogP) is 0.673. The summed E-state index contributed by atoms with van der Waals surface area (Å²) in [4.78, 5) is 7.60. The van der Waals surface area contributed by atoms with E-state index in [0.717, 1.165) is 0 Å². The summed E-state index contributed by atoms with van der Waals surface area (Å²) < 4.78 is 32.4. The Kier molecular flexibility index (Phi) is 3.58. The van der Waals surface area contributed by atoms with Gasteiger partial charge in [-0.3, -0.25) is 4.68 Å². The van der Waals surface area contributed by atoms with Crippen LogP contribution in [0.5, 0.6) is 5.88 Å². The number of methoxy groups -OCH3 is 1. The Bertz CT molecular complexity index is 700. The molecule has 2 heterocycles. The minimum Gasteiger partial charge on any atom is -0.481 e. The molecule has 0 fully saturated rings. The van der Waals surface area contributed by atoms with E-state index in [0.29, 0.717) is 0 Å². The molecule has 0 saturated carbocycles. The van der Waals surface area contributed by atoms with E-state index in [2.05, 4.69) is 19.8 Å². The van der Waals surface area contributed by atoms with Gasteiger partial charge in [0.2, 0.25) is 11.8 Å². The molecular formula is C9H10ClN5O3S. The van der Waals surface area contributed by atoms with Crippen molar-refractivity contribution in [3.05, 3.63) is 23.5 Å². The van der Waals surface area contributed by atoms with Gasteiger partial charge in [0.15, 0.2) is 5.03 Å². The molecule has 0 atom stereocenters. The van der Waals surface area contributed by atoms with Crippen molar-refractivity contribution >= 4 is 27.6 Å². The summed E-state index contributed by atoms with van der Waals surface area (Å²) in [6.45, 7) is 0. The summed E-state index contributed by atoms with van der Waals surface area (Å²) in [7, 11) is -0.936. The average Bonchev–Trinajstić information content (AvgIpc) is 2.74. The molecule has 0 unspecified atom stereocenters. The number of hydrogen-bond donors (Lipinski definition) is 1. The van der Waals surface area contributed by atoms with Crippen LogP contribution in [0.15, 0.2) is 23.4 Å². The van der Waals surface area contributed by atoms with Crippen LogP contribution in [-0.4, -0.2) is 35.3 Å². The highest BCUT2D eigenvalue weighted by Crippen LogP contribution is 2.18. The van der Waals surface area contributed by atoms with Crippen molar-refractivity contribution in [1.82, 2.24) is 19.7 Å². The van der Waals surface area contributed by atoms with Gasteiger partial charge >= 0.3 is 0 Å². The lowest BCUT2D eigenvalue weighted by Gasteiger charge is -2.07. The molecule has 1 N–H and O–H groups in total. The molecule has 8 nitrogen and oxygen atoms in total. The summed E-state index contributed by atoms with van der Waals surface area (Å²) in [6, 6.07) is 2.72. The number of hydrogen-bond acceptors (Lipinski definition) is 6. The van der Waals surface area contributed by atoms with E-state index in [1.165, 1.54) is 37.2 Å². The Morgan fingerprint density at radius 2 is 2.16 bits per heavy atom. The highest BCUT2D eigenvalue weighted by atomic mass is 35.5. The Balaban J connectivity index is 2.36. The molecule has 0 aliphatic heterocycles. The molecule has 2 rings (SSSR count). The zero-order valence-corrected chi connectivity index (χ0v) is 11.6. The molecule has 0 spiro atoms. The van der Waals surface area contributed by atoms with Crippen LogP contribution in [0.4, 0.5) is 5.95 Å². The van der Waals surface area contributed by atoms with Gasteiger partial charge < -0.3 is 4.74 Å². The zero-order chi connectivity index (χ0) is 14.0. The van der Waals surface area contributed by atoms with Gasteiger partial charge in [-0.05, 0) is 6.07 Å². The first-order valence-corrected chi connectivity index (χ1v) is 6.88. The van der Waals surface area contributed by atoms with Gasteiger partial charge in [-0.2, -0.15) is 18.5 Å². The van der Waals surface area contributed by atoms with E-state index in [-0.39, 0.29) is 22.0 Å². The van der Waals surface area contributed by atoms with Gasteiger partial charge in [0, 0.05) is 13.1 Å². The molecule has 19 heavy (non-hydrogen) atoms. The van der Waals surface area contributed by atoms with E-state index < -0.39 is 10.0 Å². The monoisotopic (exact) mass is 303 g/mol. The maximum atomic E-state index is 12.1. The minimum atomic E-state index is -3.83. The topological polar surface area (TPSA) is 99.0 Å². The second kappa shape index (κ2) is 5.02. The van der Waals surface area contributed by atoms with Gasteiger partial charge in [-0.1, -0.05) is 11.6 Å². The molecule has 0 aromatic carbocycles. The lowest BCUT2D eigenvalue weighted by Crippen LogP contribution is -2.18. The highest BCUT2D eigenvalue weighted by molar-refractivity contribution is 7.92. The summed E-state index contributed by atoms with van der Waals surface area (Å²) in [5, 5.41) is 3.83. The second-order valence-corrected chi connectivity index (χ2v) is 5.47. The first-order valence-electron chi connectivity index (χ1n) is 5.02. The summed E-state index contributed by atoms with van der Waals surface area (Å²) in [5.74, 6) is -0.0201. The number of nitrogens with one attached hydrogen (secondary N) is 1. The number of anilines is 1. The van der Waals surface area contributed by atoms with E-state index in [4.69, 9.17) is 16.3 Å². The van der Waals surface area contributed by atoms with Gasteiger partial charge in [0.1, 0.15) is 5.15 Å². The van der Waals surface area contributed by atoms with Crippen molar-refractivity contribution in [2.24, 2.45) is 7.05 Å². The molecular weight excluding hydrogens is 294 g/mol. The van der Waals surface area contributed by atoms with Crippen LogP contribution in [-0.2, 0) is 17.1 Å². The molecule has 0 aliphatic rings. The lowest BCUT2D eigenvalue weighted by atomic mass is 10.6. The third kappa shape index (κ3) is 2.93. The van der Waals surface area contributed by atoms with Crippen molar-refractivity contribution in [3.8, 4) is 5.88 Å². The SMILES string of the molecule is COc1cc(Cl)nc(NS(=O)(=O)c2ccnn2C)n1. The van der Waals surface area contributed by atoms with Gasteiger partial charge in [0.25, 0.3) is 10.0 Å². The Morgan fingerprint density at radius 3 is 2.74 bits per heavy atom. The Hall–Kier alpha value is -1.87. The van der Waals surface area contributed by atoms with E-state index >= 15 is 0 Å². The third-order valence-corrected chi connectivity index (χ3v) is 3.75. The van der Waals surface area contributed by atoms with Gasteiger partial charge in [-0.15, -0.1) is 0 Å². The number of ether oxygens (including phenoxy) is 1. The van der Waals surface area contributed by atoms with Crippen LogP contribution in [0.3, 0.4) is 0 Å². The van der Waals surface area contributed by atoms with Crippen LogP contribution >= 0.6 is 11.6 Å². The number of rotatable bonds is 4. The smallest absolute Gasteiger partial charge is 0.281 e. The predicted molar refractivity (Wildman–Crippen MR) is 67.6 cm³/mol. The van der Waals surface area contributed by atoms with Crippen LogP contribution in [0.1, 0.15) is 0 Å². The molecule has 0 amide bonds. The molecule has 10 heteroatoms. The van der Waals surface area contributed by atoms with Crippen LogP contribution in [0.2, 0.25) is 5.15 Å². The minimum absolute atomic E-state index is 0.0185. The maximum absolute atomic E-state index is 12.1. The molecule has 0 radical (unpaired) electrons. The van der Waals surface area contributed by atoms with E-state index in [1.807, 2.05) is 0 Å². The van der Waals surface area contributed by atoms with Gasteiger partial charge in [-0.25, -0.2) is 9.71 Å². The fourth-order valence-corrected chi connectivity index (χ4v) is 2.59. The summed E-state index contributed by atoms with van der Waals surface area (Å²) in [6.07, 6.45) is 1.37. The Morgan fingerprint density at radius 1 is 1.42 bits per heavy atom. The normalized spacial score (nSPS) is 11.3. The van der Waals surface area contributed by atoms with Crippen molar-refractivity contribution in [2.45, 2.75) is 5.03 Å². The highest BCUT2D eigenvalue weighted by Gasteiger charge is 2.20. The van der Waals surface area contributed by atoms with Crippen molar-refractivity contribution in [2.75, 3.05) is 11.8 Å². The number of nitrogens with zero attached hydrogens (tertiary/aromatic N) is 4. The second-order valence-electron chi connectivity index (χ2n) is 3.46. The van der Waals surface area contributed by atoms with Crippen molar-refractivity contribution in [1.29, 1.82) is 0 Å². The lowest BCUT2D eigenvalue weighted by molar-refractivity contribution is 0.397. The largest absolute Gasteiger partial charge is 0.481 e. The first kappa shape index (κ1) is 13.6.